The lowest BCUT2D eigenvalue weighted by Crippen LogP contribution is -2.33. The van der Waals surface area contributed by atoms with E-state index in [1.165, 1.54) is 4.90 Å². The van der Waals surface area contributed by atoms with E-state index in [2.05, 4.69) is 20.9 Å². The van der Waals surface area contributed by atoms with E-state index in [-0.39, 0.29) is 11.9 Å². The maximum Gasteiger partial charge on any atom is 0.333 e. The van der Waals surface area contributed by atoms with Crippen LogP contribution >= 0.6 is 15.9 Å². The molecule has 2 heterocycles. The first-order valence-electron chi connectivity index (χ1n) is 5.59. The summed E-state index contributed by atoms with van der Waals surface area (Å²) in [6.45, 7) is 5.36. The van der Waals surface area contributed by atoms with Gasteiger partial charge in [-0.15, -0.1) is 0 Å². The fourth-order valence-corrected chi connectivity index (χ4v) is 2.28. The van der Waals surface area contributed by atoms with Gasteiger partial charge in [-0.1, -0.05) is 0 Å². The zero-order valence-corrected chi connectivity index (χ0v) is 12.3. The number of hydrogen-bond donors (Lipinski definition) is 0. The fourth-order valence-electron chi connectivity index (χ4n) is 1.85. The van der Waals surface area contributed by atoms with Crippen LogP contribution in [-0.4, -0.2) is 34.9 Å². The lowest BCUT2D eigenvalue weighted by atomic mass is 10.2. The Morgan fingerprint density at radius 1 is 1.33 bits per heavy atom. The number of hydrogen-bond acceptors (Lipinski definition) is 3. The zero-order valence-electron chi connectivity index (χ0n) is 10.7. The summed E-state index contributed by atoms with van der Waals surface area (Å²) >= 11 is 3.38. The number of nitrogens with zero attached hydrogens (tertiary/aromatic N) is 3. The molecule has 5 nitrogen and oxygen atoms in total. The lowest BCUT2D eigenvalue weighted by Gasteiger charge is -2.16. The first-order valence-corrected chi connectivity index (χ1v) is 6.38. The van der Waals surface area contributed by atoms with Crippen molar-refractivity contribution < 1.29 is 9.59 Å². The summed E-state index contributed by atoms with van der Waals surface area (Å²) in [5, 5.41) is 0. The molecule has 0 saturated carbocycles. The number of anilines is 1. The third kappa shape index (κ3) is 1.80. The van der Waals surface area contributed by atoms with Crippen LogP contribution in [0.15, 0.2) is 10.5 Å². The molecule has 6 heteroatoms. The zero-order chi connectivity index (χ0) is 13.6. The van der Waals surface area contributed by atoms with Gasteiger partial charge in [0.1, 0.15) is 11.9 Å². The van der Waals surface area contributed by atoms with Crippen LogP contribution in [0.2, 0.25) is 0 Å². The number of pyridine rings is 1. The molecular formula is C12H14BrN3O2. The molecule has 1 aliphatic heterocycles. The smallest absolute Gasteiger partial charge is 0.315 e. The molecule has 18 heavy (non-hydrogen) atoms. The molecule has 0 radical (unpaired) electrons. The number of aromatic nitrogens is 1. The highest BCUT2D eigenvalue weighted by molar-refractivity contribution is 9.10. The standard InChI is InChI=1S/C12H14BrN3O2/c1-6-5-9(13)7(2)14-10(6)16-11(17)8(3)15(4)12(16)18/h5,8H,1-4H3. The lowest BCUT2D eigenvalue weighted by molar-refractivity contribution is -0.119. The summed E-state index contributed by atoms with van der Waals surface area (Å²) in [5.74, 6) is 0.182. The number of aryl methyl sites for hydroxylation is 2. The van der Waals surface area contributed by atoms with Gasteiger partial charge in [-0.05, 0) is 48.3 Å². The molecule has 1 aromatic rings. The van der Waals surface area contributed by atoms with Gasteiger partial charge in [-0.3, -0.25) is 4.79 Å². The predicted octanol–water partition coefficient (Wildman–Crippen LogP) is 2.25. The molecule has 1 fully saturated rings. The van der Waals surface area contributed by atoms with Gasteiger partial charge < -0.3 is 4.90 Å². The Morgan fingerprint density at radius 2 is 1.94 bits per heavy atom. The second-order valence-electron chi connectivity index (χ2n) is 4.44. The highest BCUT2D eigenvalue weighted by Crippen LogP contribution is 2.28. The molecule has 1 aromatic heterocycles. The SMILES string of the molecule is Cc1cc(Br)c(C)nc1N1C(=O)C(C)N(C)C1=O. The van der Waals surface area contributed by atoms with Gasteiger partial charge in [0.25, 0.3) is 5.91 Å². The third-order valence-corrected chi connectivity index (χ3v) is 3.98. The molecule has 0 aromatic carbocycles. The van der Waals surface area contributed by atoms with Crippen molar-refractivity contribution in [1.82, 2.24) is 9.88 Å². The average molecular weight is 312 g/mol. The Kier molecular flexibility index (Phi) is 3.14. The first kappa shape index (κ1) is 13.0. The van der Waals surface area contributed by atoms with Crippen LogP contribution in [0.5, 0.6) is 0 Å². The van der Waals surface area contributed by atoms with Crippen LogP contribution in [0.1, 0.15) is 18.2 Å². The van der Waals surface area contributed by atoms with Gasteiger partial charge in [0.15, 0.2) is 0 Å². The van der Waals surface area contributed by atoms with Crippen molar-refractivity contribution in [2.75, 3.05) is 11.9 Å². The van der Waals surface area contributed by atoms with Crippen LogP contribution in [0.25, 0.3) is 0 Å². The van der Waals surface area contributed by atoms with E-state index in [0.717, 1.165) is 20.6 Å². The normalized spacial score (nSPS) is 19.9. The summed E-state index contributed by atoms with van der Waals surface area (Å²) < 4.78 is 0.865. The van der Waals surface area contributed by atoms with E-state index in [9.17, 15) is 9.59 Å². The second kappa shape index (κ2) is 4.35. The van der Waals surface area contributed by atoms with Crippen molar-refractivity contribution >= 4 is 33.7 Å². The molecule has 0 bridgehead atoms. The molecular weight excluding hydrogens is 298 g/mol. The van der Waals surface area contributed by atoms with Crippen LogP contribution in [0.4, 0.5) is 10.6 Å². The highest BCUT2D eigenvalue weighted by Gasteiger charge is 2.42. The molecule has 0 aliphatic carbocycles. The summed E-state index contributed by atoms with van der Waals surface area (Å²) in [6.07, 6.45) is 0. The number of amides is 3. The fraction of sp³-hybridized carbons (Fsp3) is 0.417. The number of carbonyl (C=O) groups is 2. The minimum Gasteiger partial charge on any atom is -0.315 e. The topological polar surface area (TPSA) is 53.5 Å². The average Bonchev–Trinajstić information content (AvgIpc) is 2.50. The number of carbonyl (C=O) groups excluding carboxylic acids is 2. The Morgan fingerprint density at radius 3 is 2.44 bits per heavy atom. The summed E-state index contributed by atoms with van der Waals surface area (Å²) in [6, 6.07) is 1.09. The van der Waals surface area contributed by atoms with Crippen molar-refractivity contribution in [3.8, 4) is 0 Å². The largest absolute Gasteiger partial charge is 0.333 e. The predicted molar refractivity (Wildman–Crippen MR) is 71.5 cm³/mol. The van der Waals surface area contributed by atoms with Gasteiger partial charge in [0, 0.05) is 11.5 Å². The van der Waals surface area contributed by atoms with Crippen molar-refractivity contribution in [3.63, 3.8) is 0 Å². The second-order valence-corrected chi connectivity index (χ2v) is 5.29. The maximum absolute atomic E-state index is 12.1. The quantitative estimate of drug-likeness (QED) is 0.747. The van der Waals surface area contributed by atoms with Crippen molar-refractivity contribution in [1.29, 1.82) is 0 Å². The number of rotatable bonds is 1. The molecule has 3 amide bonds. The summed E-state index contributed by atoms with van der Waals surface area (Å²) in [5.41, 5.74) is 1.54. The Balaban J connectivity index is 2.53. The van der Waals surface area contributed by atoms with E-state index >= 15 is 0 Å². The number of halogens is 1. The van der Waals surface area contributed by atoms with Gasteiger partial charge in [-0.2, -0.15) is 0 Å². The van der Waals surface area contributed by atoms with Gasteiger partial charge in [0.05, 0.1) is 5.69 Å². The van der Waals surface area contributed by atoms with Gasteiger partial charge in [0.2, 0.25) is 0 Å². The third-order valence-electron chi connectivity index (χ3n) is 3.18. The molecule has 0 spiro atoms. The monoisotopic (exact) mass is 311 g/mol. The van der Waals surface area contributed by atoms with Crippen LogP contribution in [0.3, 0.4) is 0 Å². The molecule has 2 rings (SSSR count). The number of imide groups is 1. The molecule has 96 valence electrons. The molecule has 1 unspecified atom stereocenters. The summed E-state index contributed by atoms with van der Waals surface area (Å²) in [7, 11) is 1.62. The first-order chi connectivity index (χ1) is 8.34. The van der Waals surface area contributed by atoms with Crippen LogP contribution in [-0.2, 0) is 4.79 Å². The van der Waals surface area contributed by atoms with Gasteiger partial charge >= 0.3 is 6.03 Å². The Hall–Kier alpha value is -1.43. The van der Waals surface area contributed by atoms with Crippen molar-refractivity contribution in [2.45, 2.75) is 26.8 Å². The summed E-state index contributed by atoms with van der Waals surface area (Å²) in [4.78, 5) is 31.0. The van der Waals surface area contributed by atoms with Crippen molar-refractivity contribution in [2.24, 2.45) is 0 Å². The Labute approximate surface area is 114 Å². The van der Waals surface area contributed by atoms with E-state index in [1.807, 2.05) is 19.9 Å². The van der Waals surface area contributed by atoms with Crippen molar-refractivity contribution in [3.05, 3.63) is 21.8 Å². The number of likely N-dealkylation sites (N-methyl/N-ethyl adjacent to an activating group) is 1. The number of urea groups is 1. The highest BCUT2D eigenvalue weighted by atomic mass is 79.9. The van der Waals surface area contributed by atoms with Gasteiger partial charge in [-0.25, -0.2) is 14.7 Å². The molecule has 1 saturated heterocycles. The molecule has 1 atom stereocenters. The van der Waals surface area contributed by atoms with E-state index in [1.54, 1.807) is 14.0 Å². The van der Waals surface area contributed by atoms with E-state index < -0.39 is 6.04 Å². The van der Waals surface area contributed by atoms with E-state index in [4.69, 9.17) is 0 Å². The van der Waals surface area contributed by atoms with Crippen LogP contribution in [0, 0.1) is 13.8 Å². The minimum atomic E-state index is -0.442. The Bertz CT molecular complexity index is 524. The maximum atomic E-state index is 12.1. The molecule has 1 aliphatic rings. The minimum absolute atomic E-state index is 0.236. The molecule has 0 N–H and O–H groups in total. The van der Waals surface area contributed by atoms with Crippen LogP contribution < -0.4 is 4.90 Å². The van der Waals surface area contributed by atoms with E-state index in [0.29, 0.717) is 5.82 Å².